The molecule has 2 aliphatic rings. The van der Waals surface area contributed by atoms with Gasteiger partial charge in [0.25, 0.3) is 0 Å². The standard InChI is InChI=1S/C17H25NO/c1-3-18-10-8-14(9-11-18)17-12-16(5-4-13(17)2)19-15-6-7-15/h4-5,12,14-15H,3,6-11H2,1-2H3. The third kappa shape index (κ3) is 3.11. The molecule has 3 rings (SSSR count). The number of likely N-dealkylation sites (tertiary alicyclic amines) is 1. The van der Waals surface area contributed by atoms with Crippen LogP contribution < -0.4 is 4.74 Å². The maximum absolute atomic E-state index is 5.94. The summed E-state index contributed by atoms with van der Waals surface area (Å²) in [4.78, 5) is 2.55. The highest BCUT2D eigenvalue weighted by Gasteiger charge is 2.25. The van der Waals surface area contributed by atoms with E-state index in [0.717, 1.165) is 11.7 Å². The second-order valence-corrected chi connectivity index (χ2v) is 6.04. The van der Waals surface area contributed by atoms with E-state index in [4.69, 9.17) is 4.74 Å². The van der Waals surface area contributed by atoms with Gasteiger partial charge in [0.15, 0.2) is 0 Å². The number of aryl methyl sites for hydroxylation is 1. The van der Waals surface area contributed by atoms with E-state index in [1.807, 2.05) is 0 Å². The van der Waals surface area contributed by atoms with Gasteiger partial charge >= 0.3 is 0 Å². The maximum Gasteiger partial charge on any atom is 0.120 e. The topological polar surface area (TPSA) is 12.5 Å². The van der Waals surface area contributed by atoms with Gasteiger partial charge < -0.3 is 9.64 Å². The largest absolute Gasteiger partial charge is 0.490 e. The van der Waals surface area contributed by atoms with Crippen molar-refractivity contribution in [3.63, 3.8) is 0 Å². The highest BCUT2D eigenvalue weighted by molar-refractivity contribution is 5.37. The molecule has 1 aliphatic carbocycles. The summed E-state index contributed by atoms with van der Waals surface area (Å²) in [6.45, 7) is 8.18. The molecule has 2 nitrogen and oxygen atoms in total. The zero-order valence-corrected chi connectivity index (χ0v) is 12.2. The molecule has 2 heteroatoms. The highest BCUT2D eigenvalue weighted by Crippen LogP contribution is 2.34. The Labute approximate surface area is 116 Å². The third-order valence-corrected chi connectivity index (χ3v) is 4.55. The number of piperidine rings is 1. The molecule has 0 N–H and O–H groups in total. The van der Waals surface area contributed by atoms with Gasteiger partial charge in [-0.15, -0.1) is 0 Å². The van der Waals surface area contributed by atoms with E-state index >= 15 is 0 Å². The summed E-state index contributed by atoms with van der Waals surface area (Å²) in [6, 6.07) is 6.68. The average Bonchev–Trinajstić information content (AvgIpc) is 3.25. The quantitative estimate of drug-likeness (QED) is 0.817. The Bertz CT molecular complexity index is 431. The average molecular weight is 259 g/mol. The Morgan fingerprint density at radius 1 is 1.16 bits per heavy atom. The fraction of sp³-hybridized carbons (Fsp3) is 0.647. The van der Waals surface area contributed by atoms with Crippen LogP contribution in [0, 0.1) is 6.92 Å². The second-order valence-electron chi connectivity index (χ2n) is 6.04. The van der Waals surface area contributed by atoms with Crippen molar-refractivity contribution in [3.8, 4) is 5.75 Å². The molecule has 0 bridgehead atoms. The van der Waals surface area contributed by atoms with Crippen LogP contribution in [0.5, 0.6) is 5.75 Å². The first-order chi connectivity index (χ1) is 9.26. The van der Waals surface area contributed by atoms with Gasteiger partial charge in [0, 0.05) is 0 Å². The van der Waals surface area contributed by atoms with E-state index in [0.29, 0.717) is 6.10 Å². The van der Waals surface area contributed by atoms with Gasteiger partial charge in [-0.2, -0.15) is 0 Å². The van der Waals surface area contributed by atoms with Crippen molar-refractivity contribution in [2.45, 2.75) is 51.6 Å². The minimum Gasteiger partial charge on any atom is -0.490 e. The molecule has 1 saturated heterocycles. The van der Waals surface area contributed by atoms with Crippen LogP contribution in [0.15, 0.2) is 18.2 Å². The summed E-state index contributed by atoms with van der Waals surface area (Å²) in [6.07, 6.45) is 5.55. The van der Waals surface area contributed by atoms with E-state index in [1.54, 1.807) is 0 Å². The summed E-state index contributed by atoms with van der Waals surface area (Å²) in [5.74, 6) is 1.81. The predicted octanol–water partition coefficient (Wildman–Crippen LogP) is 3.74. The minimum atomic E-state index is 0.498. The molecule has 0 spiro atoms. The summed E-state index contributed by atoms with van der Waals surface area (Å²) in [7, 11) is 0. The molecular weight excluding hydrogens is 234 g/mol. The molecule has 1 saturated carbocycles. The molecule has 0 amide bonds. The van der Waals surface area contributed by atoms with Gasteiger partial charge in [-0.3, -0.25) is 0 Å². The Hall–Kier alpha value is -1.02. The lowest BCUT2D eigenvalue weighted by atomic mass is 9.87. The van der Waals surface area contributed by atoms with Crippen molar-refractivity contribution >= 4 is 0 Å². The highest BCUT2D eigenvalue weighted by atomic mass is 16.5. The van der Waals surface area contributed by atoms with Gasteiger partial charge in [-0.05, 0) is 81.4 Å². The third-order valence-electron chi connectivity index (χ3n) is 4.55. The van der Waals surface area contributed by atoms with Crippen LogP contribution in [0.1, 0.15) is 49.7 Å². The van der Waals surface area contributed by atoms with Gasteiger partial charge in [-0.25, -0.2) is 0 Å². The fourth-order valence-electron chi connectivity index (χ4n) is 3.07. The molecule has 1 heterocycles. The fourth-order valence-corrected chi connectivity index (χ4v) is 3.07. The smallest absolute Gasteiger partial charge is 0.120 e. The van der Waals surface area contributed by atoms with E-state index in [9.17, 15) is 0 Å². The van der Waals surface area contributed by atoms with E-state index in [2.05, 4.69) is 36.9 Å². The van der Waals surface area contributed by atoms with Gasteiger partial charge in [0.05, 0.1) is 6.10 Å². The number of nitrogens with zero attached hydrogens (tertiary/aromatic N) is 1. The number of hydrogen-bond acceptors (Lipinski definition) is 2. The van der Waals surface area contributed by atoms with Crippen LogP contribution in [0.3, 0.4) is 0 Å². The van der Waals surface area contributed by atoms with Crippen molar-refractivity contribution in [1.82, 2.24) is 4.90 Å². The zero-order chi connectivity index (χ0) is 13.2. The first-order valence-electron chi connectivity index (χ1n) is 7.76. The van der Waals surface area contributed by atoms with E-state index in [-0.39, 0.29) is 0 Å². The summed E-state index contributed by atoms with van der Waals surface area (Å²) in [5.41, 5.74) is 2.95. The normalized spacial score (nSPS) is 21.6. The van der Waals surface area contributed by atoms with Crippen LogP contribution in [0.4, 0.5) is 0 Å². The molecule has 1 aliphatic heterocycles. The molecule has 2 fully saturated rings. The van der Waals surface area contributed by atoms with Crippen LogP contribution >= 0.6 is 0 Å². The Morgan fingerprint density at radius 3 is 2.53 bits per heavy atom. The van der Waals surface area contributed by atoms with Crippen LogP contribution in [-0.4, -0.2) is 30.6 Å². The van der Waals surface area contributed by atoms with Crippen molar-refractivity contribution in [1.29, 1.82) is 0 Å². The number of rotatable bonds is 4. The summed E-state index contributed by atoms with van der Waals surface area (Å²) < 4.78 is 5.94. The molecule has 0 radical (unpaired) electrons. The lowest BCUT2D eigenvalue weighted by molar-refractivity contribution is 0.222. The number of ether oxygens (including phenoxy) is 1. The second kappa shape index (κ2) is 5.54. The van der Waals surface area contributed by atoms with Gasteiger partial charge in [-0.1, -0.05) is 13.0 Å². The SMILES string of the molecule is CCN1CCC(c2cc(OC3CC3)ccc2C)CC1. The molecule has 1 aromatic carbocycles. The molecule has 0 unspecified atom stereocenters. The number of hydrogen-bond donors (Lipinski definition) is 0. The molecular formula is C17H25NO. The first-order valence-corrected chi connectivity index (χ1v) is 7.76. The number of benzene rings is 1. The van der Waals surface area contributed by atoms with E-state index in [1.165, 1.54) is 56.4 Å². The molecule has 104 valence electrons. The van der Waals surface area contributed by atoms with Crippen molar-refractivity contribution < 1.29 is 4.74 Å². The Kier molecular flexibility index (Phi) is 3.79. The van der Waals surface area contributed by atoms with Gasteiger partial charge in [0.2, 0.25) is 0 Å². The minimum absolute atomic E-state index is 0.498. The molecule has 19 heavy (non-hydrogen) atoms. The lowest BCUT2D eigenvalue weighted by Crippen LogP contribution is -2.32. The summed E-state index contributed by atoms with van der Waals surface area (Å²) in [5, 5.41) is 0. The van der Waals surface area contributed by atoms with Crippen LogP contribution in [0.25, 0.3) is 0 Å². The van der Waals surface area contributed by atoms with Crippen molar-refractivity contribution in [2.75, 3.05) is 19.6 Å². The molecule has 0 aromatic heterocycles. The van der Waals surface area contributed by atoms with Crippen molar-refractivity contribution in [3.05, 3.63) is 29.3 Å². The predicted molar refractivity (Wildman–Crippen MR) is 78.9 cm³/mol. The first kappa shape index (κ1) is 13.0. The summed E-state index contributed by atoms with van der Waals surface area (Å²) >= 11 is 0. The van der Waals surface area contributed by atoms with Crippen LogP contribution in [-0.2, 0) is 0 Å². The van der Waals surface area contributed by atoms with Crippen molar-refractivity contribution in [2.24, 2.45) is 0 Å². The van der Waals surface area contributed by atoms with E-state index < -0.39 is 0 Å². The molecule has 1 aromatic rings. The van der Waals surface area contributed by atoms with Crippen LogP contribution in [0.2, 0.25) is 0 Å². The Balaban J connectivity index is 1.71. The zero-order valence-electron chi connectivity index (χ0n) is 12.2. The Morgan fingerprint density at radius 2 is 1.89 bits per heavy atom. The maximum atomic E-state index is 5.94. The van der Waals surface area contributed by atoms with Gasteiger partial charge in [0.1, 0.15) is 5.75 Å². The molecule has 0 atom stereocenters. The lowest BCUT2D eigenvalue weighted by Gasteiger charge is -2.32. The monoisotopic (exact) mass is 259 g/mol.